The number of thioether (sulfide) groups is 1. The summed E-state index contributed by atoms with van der Waals surface area (Å²) in [5.41, 5.74) is 16.5. The highest BCUT2D eigenvalue weighted by Gasteiger charge is 2.31. The maximum Gasteiger partial charge on any atom is 0.326 e. The molecule has 0 spiro atoms. The van der Waals surface area contributed by atoms with Crippen molar-refractivity contribution in [2.24, 2.45) is 34.0 Å². The fourth-order valence-corrected chi connectivity index (χ4v) is 3.86. The van der Waals surface area contributed by atoms with Crippen molar-refractivity contribution in [2.75, 3.05) is 18.6 Å². The van der Waals surface area contributed by atoms with E-state index >= 15 is 0 Å². The van der Waals surface area contributed by atoms with Gasteiger partial charge in [-0.05, 0) is 55.9 Å². The first kappa shape index (κ1) is 33.5. The molecule has 0 aromatic rings. The molecule has 0 aliphatic carbocycles. The first-order valence-corrected chi connectivity index (χ1v) is 13.6. The van der Waals surface area contributed by atoms with Crippen LogP contribution in [0.1, 0.15) is 59.8 Å². The number of nitrogens with two attached hydrogens (primary N) is 3. The molecular formula is C23H45N7O5S. The maximum atomic E-state index is 13.1. The Morgan fingerprint density at radius 2 is 1.31 bits per heavy atom. The van der Waals surface area contributed by atoms with Crippen LogP contribution < -0.4 is 33.2 Å². The molecule has 0 saturated heterocycles. The highest BCUT2D eigenvalue weighted by Crippen LogP contribution is 2.10. The maximum absolute atomic E-state index is 13.1. The van der Waals surface area contributed by atoms with Crippen LogP contribution in [-0.2, 0) is 19.2 Å². The van der Waals surface area contributed by atoms with Gasteiger partial charge in [-0.2, -0.15) is 11.8 Å². The third-order valence-corrected chi connectivity index (χ3v) is 5.85. The topological polar surface area (TPSA) is 215 Å². The van der Waals surface area contributed by atoms with Gasteiger partial charge in [0.1, 0.15) is 18.1 Å². The number of hydrogen-bond acceptors (Lipinski definition) is 7. The summed E-state index contributed by atoms with van der Waals surface area (Å²) in [5.74, 6) is -2.03. The first-order chi connectivity index (χ1) is 16.8. The molecule has 0 bridgehead atoms. The lowest BCUT2D eigenvalue weighted by Crippen LogP contribution is -2.57. The molecule has 12 nitrogen and oxygen atoms in total. The van der Waals surface area contributed by atoms with Crippen LogP contribution >= 0.6 is 11.8 Å². The summed E-state index contributed by atoms with van der Waals surface area (Å²) in [7, 11) is 0. The fourth-order valence-electron chi connectivity index (χ4n) is 3.37. The van der Waals surface area contributed by atoms with Gasteiger partial charge in [-0.1, -0.05) is 27.7 Å². The summed E-state index contributed by atoms with van der Waals surface area (Å²) in [4.78, 5) is 54.1. The van der Waals surface area contributed by atoms with E-state index in [1.54, 1.807) is 11.8 Å². The molecule has 0 saturated carbocycles. The Hall–Kier alpha value is -2.54. The number of carboxylic acids is 1. The van der Waals surface area contributed by atoms with Crippen molar-refractivity contribution in [1.29, 1.82) is 0 Å². The van der Waals surface area contributed by atoms with Crippen LogP contribution in [0.3, 0.4) is 0 Å². The number of hydrogen-bond donors (Lipinski definition) is 7. The minimum absolute atomic E-state index is 0.0318. The zero-order valence-electron chi connectivity index (χ0n) is 22.1. The SMILES string of the molecule is CSCCC(N)C(=O)NC(CC(C)C)C(=O)NC(CC(C)C)C(=O)NC(CCCN=C(N)N)C(=O)O. The highest BCUT2D eigenvalue weighted by molar-refractivity contribution is 7.98. The van der Waals surface area contributed by atoms with E-state index in [0.717, 1.165) is 0 Å². The number of amides is 3. The second kappa shape index (κ2) is 17.8. The van der Waals surface area contributed by atoms with Crippen LogP contribution in [0.2, 0.25) is 0 Å². The van der Waals surface area contributed by atoms with Gasteiger partial charge in [0, 0.05) is 6.54 Å². The molecule has 4 atom stereocenters. The third-order valence-electron chi connectivity index (χ3n) is 5.21. The van der Waals surface area contributed by atoms with Crippen LogP contribution in [0.25, 0.3) is 0 Å². The molecule has 10 N–H and O–H groups in total. The molecule has 0 aromatic carbocycles. The molecule has 0 heterocycles. The van der Waals surface area contributed by atoms with Gasteiger partial charge in [-0.3, -0.25) is 19.4 Å². The summed E-state index contributed by atoms with van der Waals surface area (Å²) < 4.78 is 0. The zero-order chi connectivity index (χ0) is 27.8. The largest absolute Gasteiger partial charge is 0.480 e. The Bertz CT molecular complexity index is 744. The van der Waals surface area contributed by atoms with Crippen LogP contribution in [0.4, 0.5) is 0 Å². The van der Waals surface area contributed by atoms with Crippen molar-refractivity contribution < 1.29 is 24.3 Å². The van der Waals surface area contributed by atoms with Gasteiger partial charge in [-0.15, -0.1) is 0 Å². The van der Waals surface area contributed by atoms with Crippen molar-refractivity contribution in [2.45, 2.75) is 84.0 Å². The number of aliphatic carboxylic acids is 1. The van der Waals surface area contributed by atoms with Crippen LogP contribution in [0.15, 0.2) is 4.99 Å². The van der Waals surface area contributed by atoms with Gasteiger partial charge in [-0.25, -0.2) is 4.79 Å². The smallest absolute Gasteiger partial charge is 0.326 e. The molecule has 0 radical (unpaired) electrons. The number of carboxylic acid groups (broad SMARTS) is 1. The Balaban J connectivity index is 5.43. The average Bonchev–Trinajstić information content (AvgIpc) is 2.77. The minimum Gasteiger partial charge on any atom is -0.480 e. The molecule has 36 heavy (non-hydrogen) atoms. The van der Waals surface area contributed by atoms with Gasteiger partial charge >= 0.3 is 5.97 Å². The van der Waals surface area contributed by atoms with E-state index in [1.807, 2.05) is 34.0 Å². The molecule has 13 heteroatoms. The molecule has 208 valence electrons. The number of guanidine groups is 1. The normalized spacial score (nSPS) is 14.4. The van der Waals surface area contributed by atoms with E-state index in [0.29, 0.717) is 25.0 Å². The highest BCUT2D eigenvalue weighted by atomic mass is 32.2. The van der Waals surface area contributed by atoms with Crippen molar-refractivity contribution in [3.8, 4) is 0 Å². The van der Waals surface area contributed by atoms with E-state index in [1.165, 1.54) is 0 Å². The standard InChI is InChI=1S/C23H45N7O5S/c1-13(2)11-17(29-19(31)15(24)8-10-36-5)21(33)30-18(12-14(3)4)20(32)28-16(22(34)35)7-6-9-27-23(25)26/h13-18H,6-12,24H2,1-5H3,(H,28,32)(H,29,31)(H,30,33)(H,34,35)(H4,25,26,27). The Kier molecular flexibility index (Phi) is 16.6. The fraction of sp³-hybridized carbons (Fsp3) is 0.783. The van der Waals surface area contributed by atoms with E-state index in [4.69, 9.17) is 17.2 Å². The number of aliphatic imine (C=N–C) groups is 1. The zero-order valence-corrected chi connectivity index (χ0v) is 22.9. The second-order valence-electron chi connectivity index (χ2n) is 9.62. The molecule has 4 unspecified atom stereocenters. The Labute approximate surface area is 218 Å². The first-order valence-electron chi connectivity index (χ1n) is 12.2. The summed E-state index contributed by atoms with van der Waals surface area (Å²) >= 11 is 1.57. The van der Waals surface area contributed by atoms with Gasteiger partial charge < -0.3 is 38.3 Å². The molecular weight excluding hydrogens is 486 g/mol. The van der Waals surface area contributed by atoms with Crippen molar-refractivity contribution in [3.05, 3.63) is 0 Å². The molecule has 0 rings (SSSR count). The van der Waals surface area contributed by atoms with Gasteiger partial charge in [0.2, 0.25) is 17.7 Å². The number of nitrogens with zero attached hydrogens (tertiary/aromatic N) is 1. The van der Waals surface area contributed by atoms with Crippen LogP contribution in [0, 0.1) is 11.8 Å². The summed E-state index contributed by atoms with van der Waals surface area (Å²) in [6.45, 7) is 7.82. The molecule has 0 aliphatic heterocycles. The average molecular weight is 532 g/mol. The second-order valence-corrected chi connectivity index (χ2v) is 10.6. The number of carbonyl (C=O) groups is 4. The van der Waals surface area contributed by atoms with Gasteiger partial charge in [0.05, 0.1) is 6.04 Å². The lowest BCUT2D eigenvalue weighted by atomic mass is 9.99. The Morgan fingerprint density at radius 3 is 1.72 bits per heavy atom. The molecule has 3 amide bonds. The van der Waals surface area contributed by atoms with Crippen LogP contribution in [-0.4, -0.2) is 77.5 Å². The quantitative estimate of drug-likeness (QED) is 0.0704. The number of rotatable bonds is 18. The van der Waals surface area contributed by atoms with Crippen molar-refractivity contribution in [3.63, 3.8) is 0 Å². The monoisotopic (exact) mass is 531 g/mol. The predicted molar refractivity (Wildman–Crippen MR) is 143 cm³/mol. The van der Waals surface area contributed by atoms with E-state index in [9.17, 15) is 24.3 Å². The van der Waals surface area contributed by atoms with E-state index in [2.05, 4.69) is 20.9 Å². The molecule has 0 fully saturated rings. The van der Waals surface area contributed by atoms with E-state index in [-0.39, 0.29) is 37.2 Å². The third kappa shape index (κ3) is 14.8. The van der Waals surface area contributed by atoms with Crippen LogP contribution in [0.5, 0.6) is 0 Å². The number of carbonyl (C=O) groups excluding carboxylic acids is 3. The molecule has 0 aliphatic rings. The molecule has 0 aromatic heterocycles. The lowest BCUT2D eigenvalue weighted by molar-refractivity contribution is -0.142. The Morgan fingerprint density at radius 1 is 0.833 bits per heavy atom. The van der Waals surface area contributed by atoms with E-state index < -0.39 is 47.9 Å². The van der Waals surface area contributed by atoms with Gasteiger partial charge in [0.15, 0.2) is 5.96 Å². The summed E-state index contributed by atoms with van der Waals surface area (Å²) in [6, 6.07) is -3.77. The van der Waals surface area contributed by atoms with Gasteiger partial charge in [0.25, 0.3) is 0 Å². The predicted octanol–water partition coefficient (Wildman–Crippen LogP) is -0.248. The minimum atomic E-state index is -1.20. The number of nitrogens with one attached hydrogen (secondary N) is 3. The van der Waals surface area contributed by atoms with Crippen molar-refractivity contribution in [1.82, 2.24) is 16.0 Å². The van der Waals surface area contributed by atoms with Crippen molar-refractivity contribution >= 4 is 41.4 Å². The summed E-state index contributed by atoms with van der Waals surface area (Å²) in [6.07, 6.45) is 3.48. The summed E-state index contributed by atoms with van der Waals surface area (Å²) in [5, 5.41) is 17.5. The lowest BCUT2D eigenvalue weighted by Gasteiger charge is -2.27.